The summed E-state index contributed by atoms with van der Waals surface area (Å²) in [6.45, 7) is 10.7. The Morgan fingerprint density at radius 2 is 1.76 bits per heavy atom. The van der Waals surface area contributed by atoms with E-state index in [0.29, 0.717) is 5.56 Å². The molecular formula is C31H32N3O2Si. The molecule has 0 aliphatic heterocycles. The molecule has 6 heteroatoms. The Kier molecular flexibility index (Phi) is 8.07. The minimum absolute atomic E-state index is 0.0636. The molecule has 2 N–H and O–H groups in total. The number of H-pyrrole nitrogens is 1. The summed E-state index contributed by atoms with van der Waals surface area (Å²) >= 11 is 0. The van der Waals surface area contributed by atoms with Crippen molar-refractivity contribution in [3.05, 3.63) is 95.2 Å². The number of hydrogen-bond acceptors (Lipinski definition) is 3. The summed E-state index contributed by atoms with van der Waals surface area (Å²) in [6.07, 6.45) is 3.82. The zero-order valence-electron chi connectivity index (χ0n) is 21.9. The quantitative estimate of drug-likeness (QED) is 0.218. The molecule has 4 rings (SSSR count). The Morgan fingerprint density at radius 1 is 1.03 bits per heavy atom. The van der Waals surface area contributed by atoms with Crippen LogP contribution in [-0.4, -0.2) is 31.2 Å². The second-order valence-corrected chi connectivity index (χ2v) is 12.2. The summed E-state index contributed by atoms with van der Waals surface area (Å²) in [7, 11) is -0.864. The molecule has 1 radical (unpaired) electrons. The third kappa shape index (κ3) is 6.85. The topological polar surface area (TPSA) is 67.0 Å². The number of hydrogen-bond donors (Lipinski definition) is 2. The summed E-state index contributed by atoms with van der Waals surface area (Å²) in [5.41, 5.74) is 4.84. The zero-order valence-corrected chi connectivity index (χ0v) is 22.9. The van der Waals surface area contributed by atoms with Gasteiger partial charge in [-0.3, -0.25) is 9.89 Å². The number of rotatable bonds is 6. The number of benzene rings is 3. The number of carbonyl (C=O) groups excluding carboxylic acids is 1. The van der Waals surface area contributed by atoms with Crippen molar-refractivity contribution in [3.63, 3.8) is 0 Å². The van der Waals surface area contributed by atoms with E-state index < -0.39 is 9.04 Å². The average Bonchev–Trinajstić information content (AvgIpc) is 3.28. The van der Waals surface area contributed by atoms with Crippen molar-refractivity contribution in [2.75, 3.05) is 5.32 Å². The van der Waals surface area contributed by atoms with Gasteiger partial charge < -0.3 is 9.74 Å². The van der Waals surface area contributed by atoms with Gasteiger partial charge >= 0.3 is 0 Å². The first-order chi connectivity index (χ1) is 17.7. The number of fused-ring (bicyclic) bond motifs is 1. The molecule has 187 valence electrons. The van der Waals surface area contributed by atoms with Crippen LogP contribution in [0.3, 0.4) is 0 Å². The fourth-order valence-corrected chi connectivity index (χ4v) is 4.64. The van der Waals surface area contributed by atoms with E-state index in [-0.39, 0.29) is 17.4 Å². The molecule has 0 fully saturated rings. The van der Waals surface area contributed by atoms with Crippen molar-refractivity contribution >= 4 is 43.7 Å². The number of carbonyl (C=O) groups is 1. The molecule has 1 atom stereocenters. The van der Waals surface area contributed by atoms with Crippen LogP contribution in [0.25, 0.3) is 23.1 Å². The second kappa shape index (κ2) is 11.4. The van der Waals surface area contributed by atoms with Crippen LogP contribution in [0.15, 0.2) is 72.8 Å². The van der Waals surface area contributed by atoms with Gasteiger partial charge in [-0.25, -0.2) is 0 Å². The summed E-state index contributed by atoms with van der Waals surface area (Å²) in [6, 6.07) is 22.9. The van der Waals surface area contributed by atoms with E-state index in [2.05, 4.69) is 67.3 Å². The van der Waals surface area contributed by atoms with Crippen molar-refractivity contribution in [2.24, 2.45) is 5.41 Å². The molecule has 0 aliphatic carbocycles. The van der Waals surface area contributed by atoms with E-state index in [9.17, 15) is 4.79 Å². The highest BCUT2D eigenvalue weighted by atomic mass is 28.3. The SMILES string of the molecule is C[Si](C)OC(C#Cc1ccc2n[nH]c(/C=C/c3ccccc3NC(=O)c3ccccc3)c2c1)C(C)(C)C. The number of aromatic nitrogens is 2. The van der Waals surface area contributed by atoms with Crippen LogP contribution < -0.4 is 5.32 Å². The van der Waals surface area contributed by atoms with Gasteiger partial charge in [-0.2, -0.15) is 5.10 Å². The molecule has 0 bridgehead atoms. The second-order valence-electron chi connectivity index (χ2n) is 10.2. The van der Waals surface area contributed by atoms with Gasteiger partial charge in [0.15, 0.2) is 0 Å². The Hall–Kier alpha value is -3.92. The maximum atomic E-state index is 12.7. The van der Waals surface area contributed by atoms with Gasteiger partial charge in [0.25, 0.3) is 5.91 Å². The van der Waals surface area contributed by atoms with Gasteiger partial charge in [0.2, 0.25) is 9.04 Å². The van der Waals surface area contributed by atoms with Crippen LogP contribution in [0.5, 0.6) is 0 Å². The number of amides is 1. The molecule has 1 amide bonds. The predicted octanol–water partition coefficient (Wildman–Crippen LogP) is 7.02. The minimum atomic E-state index is -0.864. The van der Waals surface area contributed by atoms with Gasteiger partial charge in [-0.15, -0.1) is 0 Å². The van der Waals surface area contributed by atoms with Gasteiger partial charge in [0.05, 0.1) is 11.2 Å². The highest BCUT2D eigenvalue weighted by Gasteiger charge is 2.24. The molecule has 1 unspecified atom stereocenters. The average molecular weight is 507 g/mol. The van der Waals surface area contributed by atoms with Gasteiger partial charge in [-0.1, -0.05) is 75.1 Å². The Balaban J connectivity index is 1.59. The Bertz CT molecular complexity index is 1470. The molecule has 3 aromatic carbocycles. The van der Waals surface area contributed by atoms with Gasteiger partial charge in [-0.05, 0) is 66.5 Å². The van der Waals surface area contributed by atoms with Crippen molar-refractivity contribution in [1.29, 1.82) is 0 Å². The van der Waals surface area contributed by atoms with Crippen molar-refractivity contribution in [1.82, 2.24) is 10.2 Å². The summed E-state index contributed by atoms with van der Waals surface area (Å²) in [5, 5.41) is 11.6. The van der Waals surface area contributed by atoms with E-state index >= 15 is 0 Å². The molecule has 1 aromatic heterocycles. The van der Waals surface area contributed by atoms with Gasteiger partial charge in [0.1, 0.15) is 6.10 Å². The van der Waals surface area contributed by atoms with Crippen LogP contribution in [0.1, 0.15) is 48.0 Å². The molecular weight excluding hydrogens is 474 g/mol. The van der Waals surface area contributed by atoms with E-state index in [1.807, 2.05) is 66.7 Å². The number of para-hydroxylation sites is 1. The summed E-state index contributed by atoms with van der Waals surface area (Å²) in [5.74, 6) is 6.51. The number of anilines is 1. The standard InChI is InChI=1S/C31H32N3O2Si/c1-31(2,3)29(36-37(4)5)20-16-22-15-18-27-25(21-22)28(34-33-27)19-17-23-11-9-10-14-26(23)32-30(35)24-12-7-6-8-13-24/h6-15,17-19,21,29H,1-5H3,(H,32,35)(H,33,34)/b19-17+. The lowest BCUT2D eigenvalue weighted by molar-refractivity contribution is 0.102. The lowest BCUT2D eigenvalue weighted by atomic mass is 9.89. The summed E-state index contributed by atoms with van der Waals surface area (Å²) < 4.78 is 6.16. The van der Waals surface area contributed by atoms with E-state index in [1.165, 1.54) is 0 Å². The van der Waals surface area contributed by atoms with Crippen molar-refractivity contribution in [3.8, 4) is 11.8 Å². The van der Waals surface area contributed by atoms with E-state index in [4.69, 9.17) is 4.43 Å². The first kappa shape index (κ1) is 26.1. The third-order valence-corrected chi connectivity index (χ3v) is 6.45. The fourth-order valence-electron chi connectivity index (χ4n) is 3.76. The maximum absolute atomic E-state index is 12.7. The number of nitrogens with one attached hydrogen (secondary N) is 2. The smallest absolute Gasteiger partial charge is 0.255 e. The molecule has 0 aliphatic rings. The lowest BCUT2D eigenvalue weighted by Gasteiger charge is -2.28. The van der Waals surface area contributed by atoms with E-state index in [1.54, 1.807) is 12.1 Å². The molecule has 0 spiro atoms. The molecule has 1 heterocycles. The zero-order chi connectivity index (χ0) is 26.4. The maximum Gasteiger partial charge on any atom is 0.255 e. The lowest BCUT2D eigenvalue weighted by Crippen LogP contribution is -2.31. The predicted molar refractivity (Wildman–Crippen MR) is 155 cm³/mol. The Labute approximate surface area is 220 Å². The molecule has 0 saturated heterocycles. The van der Waals surface area contributed by atoms with Crippen molar-refractivity contribution < 1.29 is 9.22 Å². The number of nitrogens with zero attached hydrogens (tertiary/aromatic N) is 1. The first-order valence-corrected chi connectivity index (χ1v) is 14.7. The molecule has 37 heavy (non-hydrogen) atoms. The summed E-state index contributed by atoms with van der Waals surface area (Å²) in [4.78, 5) is 12.7. The monoisotopic (exact) mass is 506 g/mol. The molecule has 5 nitrogen and oxygen atoms in total. The van der Waals surface area contributed by atoms with Crippen LogP contribution in [0.2, 0.25) is 13.1 Å². The van der Waals surface area contributed by atoms with Crippen LogP contribution in [-0.2, 0) is 4.43 Å². The molecule has 0 saturated carbocycles. The highest BCUT2D eigenvalue weighted by Crippen LogP contribution is 2.24. The fraction of sp³-hybridized carbons (Fsp3) is 0.226. The Morgan fingerprint density at radius 3 is 2.49 bits per heavy atom. The largest absolute Gasteiger partial charge is 0.403 e. The first-order valence-electron chi connectivity index (χ1n) is 12.3. The molecule has 4 aromatic rings. The minimum Gasteiger partial charge on any atom is -0.403 e. The third-order valence-electron chi connectivity index (χ3n) is 5.75. The normalized spacial score (nSPS) is 12.5. The van der Waals surface area contributed by atoms with Gasteiger partial charge in [0, 0.05) is 22.2 Å². The van der Waals surface area contributed by atoms with Crippen LogP contribution >= 0.6 is 0 Å². The highest BCUT2D eigenvalue weighted by molar-refractivity contribution is 6.48. The number of aromatic amines is 1. The van der Waals surface area contributed by atoms with Crippen molar-refractivity contribution in [2.45, 2.75) is 40.0 Å². The van der Waals surface area contributed by atoms with Crippen LogP contribution in [0, 0.1) is 17.3 Å². The van der Waals surface area contributed by atoms with E-state index in [0.717, 1.165) is 33.4 Å². The van der Waals surface area contributed by atoms with Crippen LogP contribution in [0.4, 0.5) is 5.69 Å².